The lowest BCUT2D eigenvalue weighted by Gasteiger charge is -2.23. The molecule has 1 aromatic carbocycles. The minimum atomic E-state index is -0.353. The molecule has 1 aromatic heterocycles. The van der Waals surface area contributed by atoms with Crippen LogP contribution < -0.4 is 10.1 Å². The summed E-state index contributed by atoms with van der Waals surface area (Å²) in [5.74, 6) is 0.455. The lowest BCUT2D eigenvalue weighted by molar-refractivity contribution is -0.115. The van der Waals surface area contributed by atoms with Crippen molar-refractivity contribution in [3.8, 4) is 5.75 Å². The summed E-state index contributed by atoms with van der Waals surface area (Å²) in [7, 11) is 0. The van der Waals surface area contributed by atoms with Crippen molar-refractivity contribution in [3.05, 3.63) is 53.3 Å². The molecule has 0 spiro atoms. The van der Waals surface area contributed by atoms with Gasteiger partial charge in [0.05, 0.1) is 12.6 Å². The second kappa shape index (κ2) is 6.79. The van der Waals surface area contributed by atoms with Gasteiger partial charge < -0.3 is 10.1 Å². The van der Waals surface area contributed by atoms with E-state index in [-0.39, 0.29) is 17.9 Å². The fourth-order valence-corrected chi connectivity index (χ4v) is 2.13. The highest BCUT2D eigenvalue weighted by molar-refractivity contribution is 6.30. The van der Waals surface area contributed by atoms with Crippen molar-refractivity contribution in [1.82, 2.24) is 4.98 Å². The Morgan fingerprint density at radius 3 is 2.77 bits per heavy atom. The van der Waals surface area contributed by atoms with Gasteiger partial charge in [0.1, 0.15) is 17.0 Å². The summed E-state index contributed by atoms with van der Waals surface area (Å²) in [5.41, 5.74) is 1.06. The lowest BCUT2D eigenvalue weighted by atomic mass is 10.1. The van der Waals surface area contributed by atoms with Crippen LogP contribution in [0, 0.1) is 0 Å². The third-order valence-corrected chi connectivity index (χ3v) is 2.96. The summed E-state index contributed by atoms with van der Waals surface area (Å²) in [6.07, 6.45) is 3.45. The Morgan fingerprint density at radius 1 is 1.32 bits per heavy atom. The molecule has 1 amide bonds. The maximum atomic E-state index is 12.2. The second-order valence-corrected chi connectivity index (χ2v) is 6.38. The number of carbonyl (C=O) groups is 1. The Balaban J connectivity index is 2.08. The lowest BCUT2D eigenvalue weighted by Crippen LogP contribution is -2.24. The predicted octanol–water partition coefficient (Wildman–Crippen LogP) is 4.09. The van der Waals surface area contributed by atoms with Crippen LogP contribution in [0.15, 0.2) is 42.7 Å². The first-order valence-electron chi connectivity index (χ1n) is 7.01. The van der Waals surface area contributed by atoms with Crippen LogP contribution in [0.1, 0.15) is 26.3 Å². The van der Waals surface area contributed by atoms with Crippen LogP contribution in [0.2, 0.25) is 5.02 Å². The monoisotopic (exact) mass is 318 g/mol. The molecular weight excluding hydrogens is 300 g/mol. The summed E-state index contributed by atoms with van der Waals surface area (Å²) in [5, 5.41) is 3.45. The highest BCUT2D eigenvalue weighted by Gasteiger charge is 2.16. The van der Waals surface area contributed by atoms with E-state index < -0.39 is 0 Å². The smallest absolute Gasteiger partial charge is 0.228 e. The van der Waals surface area contributed by atoms with Gasteiger partial charge in [-0.15, -0.1) is 0 Å². The Morgan fingerprint density at radius 2 is 2.09 bits per heavy atom. The minimum absolute atomic E-state index is 0.144. The summed E-state index contributed by atoms with van der Waals surface area (Å²) in [4.78, 5) is 16.2. The quantitative estimate of drug-likeness (QED) is 0.923. The first kappa shape index (κ1) is 16.3. The molecule has 5 heteroatoms. The topological polar surface area (TPSA) is 51.2 Å². The zero-order chi connectivity index (χ0) is 16.2. The highest BCUT2D eigenvalue weighted by Crippen LogP contribution is 2.26. The number of pyridine rings is 1. The summed E-state index contributed by atoms with van der Waals surface area (Å²) in [6, 6.07) is 8.97. The maximum absolute atomic E-state index is 12.2. The average Bonchev–Trinajstić information content (AvgIpc) is 2.39. The molecule has 0 fully saturated rings. The van der Waals surface area contributed by atoms with E-state index in [0.717, 1.165) is 5.56 Å². The van der Waals surface area contributed by atoms with Gasteiger partial charge in [0, 0.05) is 17.3 Å². The third-order valence-electron chi connectivity index (χ3n) is 2.73. The number of nitrogens with zero attached hydrogens (tertiary/aromatic N) is 1. The Hall–Kier alpha value is -2.07. The van der Waals surface area contributed by atoms with Crippen LogP contribution in [0.4, 0.5) is 5.69 Å². The Kier molecular flexibility index (Phi) is 5.03. The number of hydrogen-bond acceptors (Lipinski definition) is 3. The number of rotatable bonds is 4. The highest BCUT2D eigenvalue weighted by atomic mass is 35.5. The SMILES string of the molecule is CC(C)(C)Oc1ccncc1NC(=O)Cc1cccc(Cl)c1. The van der Waals surface area contributed by atoms with E-state index in [4.69, 9.17) is 16.3 Å². The number of amides is 1. The van der Waals surface area contributed by atoms with E-state index in [2.05, 4.69) is 10.3 Å². The maximum Gasteiger partial charge on any atom is 0.228 e. The Bertz CT molecular complexity index is 666. The third kappa shape index (κ3) is 5.04. The van der Waals surface area contributed by atoms with Crippen LogP contribution in [-0.2, 0) is 11.2 Å². The minimum Gasteiger partial charge on any atom is -0.486 e. The van der Waals surface area contributed by atoms with E-state index in [9.17, 15) is 4.79 Å². The summed E-state index contributed by atoms with van der Waals surface area (Å²) < 4.78 is 5.83. The number of ether oxygens (including phenoxy) is 1. The number of aromatic nitrogens is 1. The van der Waals surface area contributed by atoms with E-state index >= 15 is 0 Å². The molecule has 22 heavy (non-hydrogen) atoms. The van der Waals surface area contributed by atoms with Crippen LogP contribution in [0.25, 0.3) is 0 Å². The molecule has 0 saturated heterocycles. The number of hydrogen-bond donors (Lipinski definition) is 1. The molecular formula is C17H19ClN2O2. The molecule has 116 valence electrons. The standard InChI is InChI=1S/C17H19ClN2O2/c1-17(2,3)22-15-7-8-19-11-14(15)20-16(21)10-12-5-4-6-13(18)9-12/h4-9,11H,10H2,1-3H3,(H,20,21). The van der Waals surface area contributed by atoms with E-state index in [1.54, 1.807) is 30.6 Å². The zero-order valence-corrected chi connectivity index (χ0v) is 13.6. The van der Waals surface area contributed by atoms with Crippen molar-refractivity contribution in [2.24, 2.45) is 0 Å². The number of anilines is 1. The molecule has 0 atom stereocenters. The van der Waals surface area contributed by atoms with Crippen LogP contribution in [0.3, 0.4) is 0 Å². The molecule has 2 rings (SSSR count). The Labute approximate surface area is 135 Å². The van der Waals surface area contributed by atoms with Gasteiger partial charge in [-0.05, 0) is 38.5 Å². The molecule has 2 aromatic rings. The molecule has 0 aliphatic carbocycles. The van der Waals surface area contributed by atoms with Gasteiger partial charge in [0.2, 0.25) is 5.91 Å². The molecule has 0 aliphatic heterocycles. The molecule has 0 aliphatic rings. The first-order valence-corrected chi connectivity index (χ1v) is 7.38. The number of carbonyl (C=O) groups excluding carboxylic acids is 1. The van der Waals surface area contributed by atoms with Gasteiger partial charge in [-0.1, -0.05) is 23.7 Å². The van der Waals surface area contributed by atoms with Crippen molar-refractivity contribution in [3.63, 3.8) is 0 Å². The fraction of sp³-hybridized carbons (Fsp3) is 0.294. The van der Waals surface area contributed by atoms with Gasteiger partial charge in [0.25, 0.3) is 0 Å². The van der Waals surface area contributed by atoms with Crippen molar-refractivity contribution in [1.29, 1.82) is 0 Å². The van der Waals surface area contributed by atoms with Gasteiger partial charge in [-0.3, -0.25) is 9.78 Å². The number of nitrogens with one attached hydrogen (secondary N) is 1. The van der Waals surface area contributed by atoms with E-state index in [1.165, 1.54) is 0 Å². The zero-order valence-electron chi connectivity index (χ0n) is 12.9. The molecule has 1 heterocycles. The predicted molar refractivity (Wildman–Crippen MR) is 88.4 cm³/mol. The summed E-state index contributed by atoms with van der Waals surface area (Å²) >= 11 is 5.92. The van der Waals surface area contributed by atoms with Gasteiger partial charge in [-0.2, -0.15) is 0 Å². The first-order chi connectivity index (χ1) is 10.3. The molecule has 1 N–H and O–H groups in total. The normalized spacial score (nSPS) is 11.1. The molecule has 0 unspecified atom stereocenters. The average molecular weight is 319 g/mol. The fourth-order valence-electron chi connectivity index (χ4n) is 1.92. The van der Waals surface area contributed by atoms with Crippen molar-refractivity contribution < 1.29 is 9.53 Å². The number of halogens is 1. The van der Waals surface area contributed by atoms with E-state index in [1.807, 2.05) is 32.9 Å². The second-order valence-electron chi connectivity index (χ2n) is 5.94. The van der Waals surface area contributed by atoms with E-state index in [0.29, 0.717) is 16.5 Å². The molecule has 0 bridgehead atoms. The summed E-state index contributed by atoms with van der Waals surface area (Å²) in [6.45, 7) is 5.85. The number of benzene rings is 1. The van der Waals surface area contributed by atoms with Crippen molar-refractivity contribution in [2.75, 3.05) is 5.32 Å². The molecule has 0 radical (unpaired) electrons. The van der Waals surface area contributed by atoms with Crippen LogP contribution >= 0.6 is 11.6 Å². The van der Waals surface area contributed by atoms with Crippen LogP contribution in [-0.4, -0.2) is 16.5 Å². The van der Waals surface area contributed by atoms with Gasteiger partial charge >= 0.3 is 0 Å². The van der Waals surface area contributed by atoms with Crippen LogP contribution in [0.5, 0.6) is 5.75 Å². The largest absolute Gasteiger partial charge is 0.486 e. The van der Waals surface area contributed by atoms with Crippen molar-refractivity contribution >= 4 is 23.2 Å². The molecule has 4 nitrogen and oxygen atoms in total. The van der Waals surface area contributed by atoms with Gasteiger partial charge in [-0.25, -0.2) is 0 Å². The van der Waals surface area contributed by atoms with Crippen molar-refractivity contribution in [2.45, 2.75) is 32.8 Å². The van der Waals surface area contributed by atoms with Gasteiger partial charge in [0.15, 0.2) is 0 Å². The molecule has 0 saturated carbocycles.